The SMILES string of the molecule is CC[C@H](O)Cn1nc(CC(N)=O)nc1-c1ccc(C)c(Cl)c1. The van der Waals surface area contributed by atoms with Crippen molar-refractivity contribution in [3.8, 4) is 11.4 Å². The van der Waals surface area contributed by atoms with Crippen LogP contribution in [0.25, 0.3) is 11.4 Å². The lowest BCUT2D eigenvalue weighted by atomic mass is 10.1. The zero-order chi connectivity index (χ0) is 16.3. The quantitative estimate of drug-likeness (QED) is 0.846. The van der Waals surface area contributed by atoms with Gasteiger partial charge < -0.3 is 10.8 Å². The summed E-state index contributed by atoms with van der Waals surface area (Å²) in [4.78, 5) is 15.4. The van der Waals surface area contributed by atoms with Crippen molar-refractivity contribution < 1.29 is 9.90 Å². The topological polar surface area (TPSA) is 94.0 Å². The number of aliphatic hydroxyl groups is 1. The molecule has 1 aromatic carbocycles. The maximum absolute atomic E-state index is 11.1. The molecule has 0 aliphatic rings. The first-order chi connectivity index (χ1) is 10.4. The van der Waals surface area contributed by atoms with Crippen LogP contribution in [0.1, 0.15) is 24.7 Å². The molecule has 0 spiro atoms. The summed E-state index contributed by atoms with van der Waals surface area (Å²) in [6, 6.07) is 5.57. The minimum atomic E-state index is -0.539. The molecule has 0 aliphatic carbocycles. The van der Waals surface area contributed by atoms with Gasteiger partial charge in [-0.05, 0) is 25.0 Å². The maximum Gasteiger partial charge on any atom is 0.225 e. The van der Waals surface area contributed by atoms with E-state index in [9.17, 15) is 9.90 Å². The molecule has 0 saturated heterocycles. The maximum atomic E-state index is 11.1. The number of hydrogen-bond acceptors (Lipinski definition) is 4. The van der Waals surface area contributed by atoms with Crippen LogP contribution in [0.15, 0.2) is 18.2 Å². The molecule has 0 aliphatic heterocycles. The number of nitrogens with zero attached hydrogens (tertiary/aromatic N) is 3. The van der Waals surface area contributed by atoms with Crippen LogP contribution in [0.4, 0.5) is 0 Å². The molecule has 0 radical (unpaired) electrons. The fourth-order valence-electron chi connectivity index (χ4n) is 2.02. The second-order valence-electron chi connectivity index (χ2n) is 5.20. The van der Waals surface area contributed by atoms with Crippen LogP contribution >= 0.6 is 11.6 Å². The second-order valence-corrected chi connectivity index (χ2v) is 5.61. The predicted molar refractivity (Wildman–Crippen MR) is 84.4 cm³/mol. The minimum Gasteiger partial charge on any atom is -0.391 e. The van der Waals surface area contributed by atoms with Crippen LogP contribution in [0.3, 0.4) is 0 Å². The zero-order valence-electron chi connectivity index (χ0n) is 12.6. The Morgan fingerprint density at radius 3 is 2.82 bits per heavy atom. The highest BCUT2D eigenvalue weighted by atomic mass is 35.5. The molecular weight excluding hydrogens is 304 g/mol. The van der Waals surface area contributed by atoms with E-state index >= 15 is 0 Å². The number of hydrogen-bond donors (Lipinski definition) is 2. The molecule has 1 amide bonds. The summed E-state index contributed by atoms with van der Waals surface area (Å²) in [7, 11) is 0. The number of amides is 1. The van der Waals surface area contributed by atoms with Gasteiger partial charge in [0.25, 0.3) is 0 Å². The summed E-state index contributed by atoms with van der Waals surface area (Å²) in [5.41, 5.74) is 6.94. The van der Waals surface area contributed by atoms with Gasteiger partial charge in [0.1, 0.15) is 0 Å². The summed E-state index contributed by atoms with van der Waals surface area (Å²) >= 11 is 6.16. The summed E-state index contributed by atoms with van der Waals surface area (Å²) in [6.45, 7) is 4.09. The lowest BCUT2D eigenvalue weighted by Crippen LogP contribution is -2.18. The lowest BCUT2D eigenvalue weighted by Gasteiger charge is -2.10. The van der Waals surface area contributed by atoms with Crippen LogP contribution in [0, 0.1) is 6.92 Å². The number of carbonyl (C=O) groups is 1. The van der Waals surface area contributed by atoms with Gasteiger partial charge in [-0.25, -0.2) is 9.67 Å². The standard InChI is InChI=1S/C15H19ClN4O2/c1-3-11(21)8-20-15(18-14(19-20)7-13(17)22)10-5-4-9(2)12(16)6-10/h4-6,11,21H,3,7-8H2,1-2H3,(H2,17,22)/t11-/m0/s1. The van der Waals surface area contributed by atoms with Gasteiger partial charge in [-0.2, -0.15) is 5.10 Å². The van der Waals surface area contributed by atoms with Gasteiger partial charge >= 0.3 is 0 Å². The molecule has 2 aromatic rings. The van der Waals surface area contributed by atoms with E-state index in [-0.39, 0.29) is 6.42 Å². The third kappa shape index (κ3) is 3.84. The Hall–Kier alpha value is -1.92. The van der Waals surface area contributed by atoms with E-state index in [1.807, 2.05) is 26.0 Å². The average Bonchev–Trinajstić information content (AvgIpc) is 2.83. The summed E-state index contributed by atoms with van der Waals surface area (Å²) in [5, 5.41) is 14.8. The molecule has 0 saturated carbocycles. The van der Waals surface area contributed by atoms with E-state index in [1.54, 1.807) is 10.7 Å². The molecule has 7 heteroatoms. The van der Waals surface area contributed by atoms with Crippen molar-refractivity contribution >= 4 is 17.5 Å². The average molecular weight is 323 g/mol. The molecule has 2 rings (SSSR count). The molecule has 118 valence electrons. The van der Waals surface area contributed by atoms with E-state index in [1.165, 1.54) is 0 Å². The molecule has 0 fully saturated rings. The lowest BCUT2D eigenvalue weighted by molar-refractivity contribution is -0.117. The van der Waals surface area contributed by atoms with E-state index in [4.69, 9.17) is 17.3 Å². The van der Waals surface area contributed by atoms with E-state index in [2.05, 4.69) is 10.1 Å². The number of aryl methyl sites for hydroxylation is 1. The minimum absolute atomic E-state index is 0.0399. The van der Waals surface area contributed by atoms with Crippen molar-refractivity contribution in [3.05, 3.63) is 34.6 Å². The van der Waals surface area contributed by atoms with Gasteiger partial charge in [0, 0.05) is 10.6 Å². The van der Waals surface area contributed by atoms with Gasteiger partial charge in [-0.3, -0.25) is 4.79 Å². The number of primary amides is 1. The normalized spacial score (nSPS) is 12.4. The molecule has 0 bridgehead atoms. The zero-order valence-corrected chi connectivity index (χ0v) is 13.3. The molecule has 22 heavy (non-hydrogen) atoms. The Morgan fingerprint density at radius 1 is 1.50 bits per heavy atom. The summed E-state index contributed by atoms with van der Waals surface area (Å²) < 4.78 is 1.59. The van der Waals surface area contributed by atoms with E-state index < -0.39 is 12.0 Å². The molecule has 1 heterocycles. The molecule has 3 N–H and O–H groups in total. The summed E-state index contributed by atoms with van der Waals surface area (Å²) in [5.74, 6) is 0.398. The van der Waals surface area contributed by atoms with Crippen LogP contribution < -0.4 is 5.73 Å². The van der Waals surface area contributed by atoms with Crippen LogP contribution in [-0.4, -0.2) is 31.9 Å². The first kappa shape index (κ1) is 16.5. The van der Waals surface area contributed by atoms with Crippen LogP contribution in [0.5, 0.6) is 0 Å². The van der Waals surface area contributed by atoms with Crippen molar-refractivity contribution in [3.63, 3.8) is 0 Å². The van der Waals surface area contributed by atoms with Crippen molar-refractivity contribution in [2.24, 2.45) is 5.73 Å². The van der Waals surface area contributed by atoms with Crippen LogP contribution in [-0.2, 0) is 17.8 Å². The van der Waals surface area contributed by atoms with Crippen molar-refractivity contribution in [1.29, 1.82) is 0 Å². The van der Waals surface area contributed by atoms with Gasteiger partial charge in [-0.15, -0.1) is 0 Å². The molecule has 6 nitrogen and oxygen atoms in total. The van der Waals surface area contributed by atoms with Crippen LogP contribution in [0.2, 0.25) is 5.02 Å². The van der Waals surface area contributed by atoms with Gasteiger partial charge in [0.15, 0.2) is 11.6 Å². The Morgan fingerprint density at radius 2 is 2.23 bits per heavy atom. The second kappa shape index (κ2) is 6.89. The molecule has 0 unspecified atom stereocenters. The number of nitrogens with two attached hydrogens (primary N) is 1. The highest BCUT2D eigenvalue weighted by molar-refractivity contribution is 6.31. The number of aromatic nitrogens is 3. The molecular formula is C15H19ClN4O2. The monoisotopic (exact) mass is 322 g/mol. The van der Waals surface area contributed by atoms with E-state index in [0.717, 1.165) is 11.1 Å². The Labute approximate surface area is 133 Å². The van der Waals surface area contributed by atoms with Crippen molar-refractivity contribution in [2.45, 2.75) is 39.3 Å². The third-order valence-corrected chi connectivity index (χ3v) is 3.74. The third-order valence-electron chi connectivity index (χ3n) is 3.33. The van der Waals surface area contributed by atoms with Crippen molar-refractivity contribution in [1.82, 2.24) is 14.8 Å². The van der Waals surface area contributed by atoms with Crippen molar-refractivity contribution in [2.75, 3.05) is 0 Å². The fourth-order valence-corrected chi connectivity index (χ4v) is 2.20. The van der Waals surface area contributed by atoms with Gasteiger partial charge in [-0.1, -0.05) is 30.7 Å². The highest BCUT2D eigenvalue weighted by Crippen LogP contribution is 2.24. The Bertz CT molecular complexity index is 684. The molecule has 1 aromatic heterocycles. The number of aliphatic hydroxyl groups excluding tert-OH is 1. The number of rotatable bonds is 6. The first-order valence-corrected chi connectivity index (χ1v) is 7.45. The Kier molecular flexibility index (Phi) is 5.15. The number of carbonyl (C=O) groups excluding carboxylic acids is 1. The smallest absolute Gasteiger partial charge is 0.225 e. The van der Waals surface area contributed by atoms with Gasteiger partial charge in [0.05, 0.1) is 19.1 Å². The first-order valence-electron chi connectivity index (χ1n) is 7.07. The highest BCUT2D eigenvalue weighted by Gasteiger charge is 2.16. The molecule has 1 atom stereocenters. The van der Waals surface area contributed by atoms with E-state index in [0.29, 0.717) is 29.6 Å². The largest absolute Gasteiger partial charge is 0.391 e. The predicted octanol–water partition coefficient (Wildman–Crippen LogP) is 1.71. The fraction of sp³-hybridized carbons (Fsp3) is 0.400. The number of benzene rings is 1. The number of halogens is 1. The van der Waals surface area contributed by atoms with Gasteiger partial charge in [0.2, 0.25) is 5.91 Å². The Balaban J connectivity index is 2.44. The summed E-state index contributed by atoms with van der Waals surface area (Å²) in [6.07, 6.45) is 0.0174.